The Labute approximate surface area is 273 Å². The van der Waals surface area contributed by atoms with Crippen LogP contribution in [0.25, 0.3) is 0 Å². The van der Waals surface area contributed by atoms with Crippen LogP contribution in [0.2, 0.25) is 0 Å². The third-order valence-electron chi connectivity index (χ3n) is 6.72. The van der Waals surface area contributed by atoms with Crippen molar-refractivity contribution in [1.82, 2.24) is 0 Å². The number of carboxylic acid groups (broad SMARTS) is 4. The molecule has 0 saturated carbocycles. The molecule has 3 rings (SSSR count). The number of carbonyl (C=O) groups is 6. The maximum atomic E-state index is 13.4. The van der Waals surface area contributed by atoms with E-state index in [0.29, 0.717) is 0 Å². The Balaban J connectivity index is 2.05. The average molecular weight is 677 g/mol. The Bertz CT molecular complexity index is 1610. The van der Waals surface area contributed by atoms with Gasteiger partial charge in [-0.3, -0.25) is 0 Å². The van der Waals surface area contributed by atoms with Crippen molar-refractivity contribution in [3.63, 3.8) is 0 Å². The fourth-order valence-corrected chi connectivity index (χ4v) is 4.67. The summed E-state index contributed by atoms with van der Waals surface area (Å²) >= 11 is 0. The molecule has 0 aliphatic carbocycles. The molecule has 2 aromatic carbocycles. The highest BCUT2D eigenvalue weighted by Crippen LogP contribution is 2.39. The van der Waals surface area contributed by atoms with Crippen LogP contribution in [0.1, 0.15) is 104 Å². The van der Waals surface area contributed by atoms with E-state index in [0.717, 1.165) is 36.4 Å². The molecule has 0 bridgehead atoms. The van der Waals surface area contributed by atoms with E-state index < -0.39 is 118 Å². The fourth-order valence-electron chi connectivity index (χ4n) is 4.67. The van der Waals surface area contributed by atoms with Crippen molar-refractivity contribution in [3.05, 3.63) is 69.8 Å². The van der Waals surface area contributed by atoms with Crippen LogP contribution in [0, 0.1) is 0 Å². The summed E-state index contributed by atoms with van der Waals surface area (Å²) < 4.78 is 28.9. The van der Waals surface area contributed by atoms with Gasteiger partial charge in [-0.15, -0.1) is 0 Å². The van der Waals surface area contributed by atoms with Crippen molar-refractivity contribution < 1.29 is 78.0 Å². The van der Waals surface area contributed by atoms with Crippen LogP contribution in [0.4, 0.5) is 0 Å². The average Bonchev–Trinajstić information content (AvgIpc) is 3.22. The number of rotatable bonds is 12. The second kappa shape index (κ2) is 14.1. The van der Waals surface area contributed by atoms with Crippen molar-refractivity contribution in [2.24, 2.45) is 0 Å². The summed E-state index contributed by atoms with van der Waals surface area (Å²) in [6, 6.07) is 5.32. The predicted molar refractivity (Wildman–Crippen MR) is 160 cm³/mol. The first-order chi connectivity index (χ1) is 22.0. The summed E-state index contributed by atoms with van der Waals surface area (Å²) in [4.78, 5) is 73.0. The molecule has 1 aliphatic rings. The molecule has 1 saturated heterocycles. The second-order valence-electron chi connectivity index (χ2n) is 12.7. The number of carbonyl (C=O) groups excluding carboxylic acids is 2. The molecule has 1 fully saturated rings. The van der Waals surface area contributed by atoms with E-state index in [2.05, 4.69) is 0 Å². The number of aromatic carboxylic acids is 4. The number of benzene rings is 2. The van der Waals surface area contributed by atoms with Crippen LogP contribution < -0.4 is 0 Å². The van der Waals surface area contributed by atoms with Crippen molar-refractivity contribution in [1.29, 1.82) is 0 Å². The van der Waals surface area contributed by atoms with Crippen LogP contribution >= 0.6 is 0 Å². The van der Waals surface area contributed by atoms with Crippen molar-refractivity contribution >= 4 is 35.8 Å². The molecule has 48 heavy (non-hydrogen) atoms. The minimum Gasteiger partial charge on any atom is -0.478 e. The number of aliphatic hydroxyl groups excluding tert-OH is 1. The van der Waals surface area contributed by atoms with Crippen molar-refractivity contribution in [3.8, 4) is 0 Å². The van der Waals surface area contributed by atoms with E-state index in [1.54, 1.807) is 41.5 Å². The number of carboxylic acids is 4. The highest BCUT2D eigenvalue weighted by atomic mass is 16.8. The van der Waals surface area contributed by atoms with Gasteiger partial charge in [-0.25, -0.2) is 28.8 Å². The number of ether oxygens (including phenoxy) is 5. The molecule has 16 heteroatoms. The molecule has 0 radical (unpaired) electrons. The van der Waals surface area contributed by atoms with Crippen LogP contribution in [0.5, 0.6) is 0 Å². The van der Waals surface area contributed by atoms with Gasteiger partial charge in [0.15, 0.2) is 6.10 Å². The van der Waals surface area contributed by atoms with E-state index in [9.17, 15) is 54.3 Å². The molecule has 3 unspecified atom stereocenters. The molecule has 1 heterocycles. The zero-order valence-corrected chi connectivity index (χ0v) is 26.8. The molecule has 1 aliphatic heterocycles. The van der Waals surface area contributed by atoms with E-state index in [1.165, 1.54) is 0 Å². The molecular weight excluding hydrogens is 640 g/mol. The summed E-state index contributed by atoms with van der Waals surface area (Å²) in [7, 11) is 0. The largest absolute Gasteiger partial charge is 0.478 e. The first-order valence-corrected chi connectivity index (χ1v) is 14.3. The molecule has 0 amide bonds. The number of aliphatic hydroxyl groups is 1. The SMILES string of the molecule is CC(C)(C)OC[C@@]1(OC(C)(C)C)OC(COC(=O)c2cc(C(=O)O)ccc2C(=O)O)C(OC(=O)c2ccc(C(=O)O)cc2C(=O)O)C1O. The Morgan fingerprint density at radius 1 is 0.708 bits per heavy atom. The minimum atomic E-state index is -2.08. The van der Waals surface area contributed by atoms with Gasteiger partial charge in [0.1, 0.15) is 25.4 Å². The third-order valence-corrected chi connectivity index (χ3v) is 6.72. The first kappa shape index (κ1) is 37.6. The molecule has 260 valence electrons. The van der Waals surface area contributed by atoms with Gasteiger partial charge >= 0.3 is 35.8 Å². The molecule has 5 N–H and O–H groups in total. The number of hydrogen-bond acceptors (Lipinski definition) is 12. The predicted octanol–water partition coefficient (Wildman–Crippen LogP) is 2.95. The molecular formula is C32H36O16. The summed E-state index contributed by atoms with van der Waals surface area (Å²) in [5, 5.41) is 49.4. The van der Waals surface area contributed by atoms with Crippen LogP contribution in [0.3, 0.4) is 0 Å². The van der Waals surface area contributed by atoms with Crippen LogP contribution in [0.15, 0.2) is 36.4 Å². The Kier molecular flexibility index (Phi) is 11.0. The number of hydrogen-bond donors (Lipinski definition) is 5. The van der Waals surface area contributed by atoms with E-state index in [1.807, 2.05) is 0 Å². The molecule has 0 spiro atoms. The number of esters is 2. The minimum absolute atomic E-state index is 0.411. The van der Waals surface area contributed by atoms with Gasteiger partial charge in [0.25, 0.3) is 0 Å². The lowest BCUT2D eigenvalue weighted by Gasteiger charge is -2.39. The quantitative estimate of drug-likeness (QED) is 0.203. The molecule has 2 aromatic rings. The zero-order valence-electron chi connectivity index (χ0n) is 26.8. The van der Waals surface area contributed by atoms with Gasteiger partial charge in [-0.05, 0) is 77.9 Å². The van der Waals surface area contributed by atoms with Gasteiger partial charge in [-0.1, -0.05) is 0 Å². The summed E-state index contributed by atoms with van der Waals surface area (Å²) in [6.45, 7) is 8.72. The van der Waals surface area contributed by atoms with E-state index >= 15 is 0 Å². The summed E-state index contributed by atoms with van der Waals surface area (Å²) in [5.41, 5.74) is -5.16. The monoisotopic (exact) mass is 676 g/mol. The maximum absolute atomic E-state index is 13.4. The molecule has 16 nitrogen and oxygen atoms in total. The van der Waals surface area contributed by atoms with Gasteiger partial charge in [-0.2, -0.15) is 0 Å². The molecule has 0 aromatic heterocycles. The van der Waals surface area contributed by atoms with Crippen LogP contribution in [-0.2, 0) is 23.7 Å². The highest BCUT2D eigenvalue weighted by Gasteiger charge is 2.60. The lowest BCUT2D eigenvalue weighted by molar-refractivity contribution is -0.321. The standard InChI is InChI=1S/C32H36O16/c1-30(2,3)45-14-32(48-31(4,5)6)23(33)22(46-29(43)18-10-8-15(24(34)35)11-19(18)27(40)41)21(47-32)13-44-28(42)20-12-16(25(36)37)7-9-17(20)26(38)39/h7-12,21-23,33H,13-14H2,1-6H3,(H,34,35)(H,36,37)(H,38,39)(H,40,41)/t21?,22?,23?,32-/m0/s1. The molecule has 4 atom stereocenters. The van der Waals surface area contributed by atoms with Gasteiger partial charge in [0.05, 0.1) is 44.6 Å². The van der Waals surface area contributed by atoms with Gasteiger partial charge < -0.3 is 49.2 Å². The first-order valence-electron chi connectivity index (χ1n) is 14.3. The lowest BCUT2D eigenvalue weighted by atomic mass is 10.0. The fraction of sp³-hybridized carbons (Fsp3) is 0.438. The summed E-state index contributed by atoms with van der Waals surface area (Å²) in [6.07, 6.45) is -5.18. The third kappa shape index (κ3) is 8.92. The Hall–Kier alpha value is -4.90. The van der Waals surface area contributed by atoms with E-state index in [-0.39, 0.29) is 0 Å². The van der Waals surface area contributed by atoms with Crippen LogP contribution in [-0.4, -0.2) is 110 Å². The highest BCUT2D eigenvalue weighted by molar-refractivity contribution is 6.05. The summed E-state index contributed by atoms with van der Waals surface area (Å²) in [5.74, 6) is -10.8. The smallest absolute Gasteiger partial charge is 0.339 e. The van der Waals surface area contributed by atoms with Crippen molar-refractivity contribution in [2.45, 2.75) is 76.8 Å². The van der Waals surface area contributed by atoms with E-state index in [4.69, 9.17) is 23.7 Å². The zero-order chi connectivity index (χ0) is 36.4. The van der Waals surface area contributed by atoms with Gasteiger partial charge in [0.2, 0.25) is 5.79 Å². The second-order valence-corrected chi connectivity index (χ2v) is 12.7. The maximum Gasteiger partial charge on any atom is 0.339 e. The Morgan fingerprint density at radius 2 is 1.23 bits per heavy atom. The van der Waals surface area contributed by atoms with Crippen molar-refractivity contribution in [2.75, 3.05) is 13.2 Å². The lowest BCUT2D eigenvalue weighted by Crippen LogP contribution is -2.54. The Morgan fingerprint density at radius 3 is 1.71 bits per heavy atom. The van der Waals surface area contributed by atoms with Gasteiger partial charge in [0, 0.05) is 0 Å². The normalized spacial score (nSPS) is 20.9. The topological polar surface area (TPSA) is 250 Å².